The van der Waals surface area contributed by atoms with E-state index in [0.717, 1.165) is 16.1 Å². The van der Waals surface area contributed by atoms with Crippen molar-refractivity contribution in [2.75, 3.05) is 7.05 Å². The lowest BCUT2D eigenvalue weighted by molar-refractivity contribution is -0.126. The summed E-state index contributed by atoms with van der Waals surface area (Å²) in [4.78, 5) is 13.9. The lowest BCUT2D eigenvalue weighted by Crippen LogP contribution is -2.35. The van der Waals surface area contributed by atoms with Gasteiger partial charge in [-0.25, -0.2) is 0 Å². The maximum atomic E-state index is 12.0. The molecular formula is C16H20ClNO. The first-order valence-corrected chi connectivity index (χ1v) is 7.08. The third kappa shape index (κ3) is 3.60. The van der Waals surface area contributed by atoms with Crippen molar-refractivity contribution in [2.24, 2.45) is 5.92 Å². The van der Waals surface area contributed by atoms with Crippen LogP contribution >= 0.6 is 11.6 Å². The Labute approximate surface area is 120 Å². The molecule has 1 atom stereocenters. The van der Waals surface area contributed by atoms with Crippen LogP contribution in [-0.4, -0.2) is 23.9 Å². The summed E-state index contributed by atoms with van der Waals surface area (Å²) in [5, 5.41) is 0.731. The number of halogens is 1. The zero-order valence-corrected chi connectivity index (χ0v) is 12.4. The molecule has 102 valence electrons. The van der Waals surface area contributed by atoms with E-state index in [2.05, 4.69) is 6.92 Å². The van der Waals surface area contributed by atoms with Crippen LogP contribution in [0.25, 0.3) is 6.08 Å². The van der Waals surface area contributed by atoms with Gasteiger partial charge in [-0.05, 0) is 55.9 Å². The molecule has 2 nitrogen and oxygen atoms in total. The molecule has 0 aromatic heterocycles. The summed E-state index contributed by atoms with van der Waals surface area (Å²) in [6, 6.07) is 6.14. The molecule has 19 heavy (non-hydrogen) atoms. The highest BCUT2D eigenvalue weighted by atomic mass is 35.5. The van der Waals surface area contributed by atoms with E-state index in [-0.39, 0.29) is 5.91 Å². The first-order valence-electron chi connectivity index (χ1n) is 6.70. The van der Waals surface area contributed by atoms with Gasteiger partial charge in [-0.2, -0.15) is 0 Å². The van der Waals surface area contributed by atoms with Crippen molar-refractivity contribution in [3.05, 3.63) is 40.4 Å². The number of rotatable bonds is 4. The molecule has 1 unspecified atom stereocenters. The molecule has 0 aliphatic heterocycles. The van der Waals surface area contributed by atoms with Crippen LogP contribution in [0.5, 0.6) is 0 Å². The first-order chi connectivity index (χ1) is 8.99. The summed E-state index contributed by atoms with van der Waals surface area (Å²) in [6.07, 6.45) is 5.94. The minimum atomic E-state index is 0.0519. The fraction of sp³-hybridized carbons (Fsp3) is 0.438. The van der Waals surface area contributed by atoms with E-state index in [4.69, 9.17) is 11.6 Å². The number of hydrogen-bond donors (Lipinski definition) is 0. The first kappa shape index (κ1) is 14.1. The molecule has 0 bridgehead atoms. The average Bonchev–Trinajstić information content (AvgIpc) is 3.22. The lowest BCUT2D eigenvalue weighted by atomic mass is 10.1. The number of likely N-dealkylation sites (N-methyl/N-ethyl adjacent to an activating group) is 1. The van der Waals surface area contributed by atoms with Gasteiger partial charge in [0, 0.05) is 24.2 Å². The van der Waals surface area contributed by atoms with Crippen LogP contribution in [0.2, 0.25) is 5.02 Å². The molecule has 1 aromatic carbocycles. The fourth-order valence-electron chi connectivity index (χ4n) is 2.09. The van der Waals surface area contributed by atoms with Crippen LogP contribution < -0.4 is 0 Å². The quantitative estimate of drug-likeness (QED) is 0.764. The van der Waals surface area contributed by atoms with E-state index < -0.39 is 0 Å². The van der Waals surface area contributed by atoms with E-state index in [9.17, 15) is 4.79 Å². The average molecular weight is 278 g/mol. The van der Waals surface area contributed by atoms with Gasteiger partial charge in [-0.15, -0.1) is 0 Å². The van der Waals surface area contributed by atoms with Gasteiger partial charge >= 0.3 is 0 Å². The molecule has 1 amide bonds. The van der Waals surface area contributed by atoms with Crippen LogP contribution in [0, 0.1) is 12.8 Å². The summed E-state index contributed by atoms with van der Waals surface area (Å²) >= 11 is 6.06. The van der Waals surface area contributed by atoms with Crippen LogP contribution in [0.3, 0.4) is 0 Å². The third-order valence-electron chi connectivity index (χ3n) is 3.88. The van der Waals surface area contributed by atoms with Crippen molar-refractivity contribution >= 4 is 23.6 Å². The number of aryl methyl sites for hydroxylation is 1. The molecule has 0 saturated heterocycles. The molecule has 1 aliphatic carbocycles. The SMILES string of the molecule is Cc1ccc(/C=C/C(=O)N(C)C(C)C2CC2)cc1Cl. The summed E-state index contributed by atoms with van der Waals surface area (Å²) in [6.45, 7) is 4.08. The largest absolute Gasteiger partial charge is 0.339 e. The molecule has 3 heteroatoms. The molecule has 0 N–H and O–H groups in total. The maximum Gasteiger partial charge on any atom is 0.246 e. The highest BCUT2D eigenvalue weighted by Crippen LogP contribution is 2.34. The Hall–Kier alpha value is -1.28. The van der Waals surface area contributed by atoms with Crippen molar-refractivity contribution in [3.63, 3.8) is 0 Å². The van der Waals surface area contributed by atoms with Crippen LogP contribution in [0.4, 0.5) is 0 Å². The normalized spacial score (nSPS) is 16.6. The van der Waals surface area contributed by atoms with Gasteiger partial charge in [-0.1, -0.05) is 23.7 Å². The Balaban J connectivity index is 2.00. The van der Waals surface area contributed by atoms with E-state index in [1.807, 2.05) is 43.1 Å². The Morgan fingerprint density at radius 3 is 2.74 bits per heavy atom. The molecule has 1 saturated carbocycles. The zero-order valence-electron chi connectivity index (χ0n) is 11.7. The predicted molar refractivity (Wildman–Crippen MR) is 80.2 cm³/mol. The maximum absolute atomic E-state index is 12.0. The second-order valence-corrected chi connectivity index (χ2v) is 5.78. The Bertz CT molecular complexity index is 505. The monoisotopic (exact) mass is 277 g/mol. The zero-order chi connectivity index (χ0) is 14.0. The van der Waals surface area contributed by atoms with Crippen molar-refractivity contribution in [1.29, 1.82) is 0 Å². The van der Waals surface area contributed by atoms with Gasteiger partial charge in [0.2, 0.25) is 5.91 Å². The summed E-state index contributed by atoms with van der Waals surface area (Å²) in [5.41, 5.74) is 2.00. The predicted octanol–water partition coefficient (Wildman–Crippen LogP) is 3.92. The highest BCUT2D eigenvalue weighted by molar-refractivity contribution is 6.31. The molecule has 1 aromatic rings. The van der Waals surface area contributed by atoms with E-state index >= 15 is 0 Å². The Morgan fingerprint density at radius 2 is 2.16 bits per heavy atom. The van der Waals surface area contributed by atoms with Crippen molar-refractivity contribution < 1.29 is 4.79 Å². The van der Waals surface area contributed by atoms with Crippen LogP contribution in [0.1, 0.15) is 30.9 Å². The summed E-state index contributed by atoms with van der Waals surface area (Å²) in [7, 11) is 1.87. The van der Waals surface area contributed by atoms with Gasteiger partial charge in [0.05, 0.1) is 0 Å². The van der Waals surface area contributed by atoms with Gasteiger partial charge in [0.15, 0.2) is 0 Å². The molecule has 0 heterocycles. The van der Waals surface area contributed by atoms with Crippen LogP contribution in [-0.2, 0) is 4.79 Å². The Kier molecular flexibility index (Phi) is 4.31. The van der Waals surface area contributed by atoms with Gasteiger partial charge in [0.1, 0.15) is 0 Å². The lowest BCUT2D eigenvalue weighted by Gasteiger charge is -2.23. The van der Waals surface area contributed by atoms with Gasteiger partial charge in [-0.3, -0.25) is 4.79 Å². The fourth-order valence-corrected chi connectivity index (χ4v) is 2.28. The summed E-state index contributed by atoms with van der Waals surface area (Å²) < 4.78 is 0. The number of nitrogens with zero attached hydrogens (tertiary/aromatic N) is 1. The van der Waals surface area contributed by atoms with Crippen molar-refractivity contribution in [3.8, 4) is 0 Å². The topological polar surface area (TPSA) is 20.3 Å². The number of benzene rings is 1. The second kappa shape index (κ2) is 5.79. The number of hydrogen-bond acceptors (Lipinski definition) is 1. The molecule has 2 rings (SSSR count). The summed E-state index contributed by atoms with van der Waals surface area (Å²) in [5.74, 6) is 0.743. The Morgan fingerprint density at radius 1 is 1.47 bits per heavy atom. The van der Waals surface area contributed by atoms with E-state index in [1.54, 1.807) is 6.08 Å². The van der Waals surface area contributed by atoms with Crippen LogP contribution in [0.15, 0.2) is 24.3 Å². The number of carbonyl (C=O) groups is 1. The van der Waals surface area contributed by atoms with Crippen molar-refractivity contribution in [1.82, 2.24) is 4.90 Å². The van der Waals surface area contributed by atoms with Gasteiger partial charge < -0.3 is 4.90 Å². The van der Waals surface area contributed by atoms with Crippen molar-refractivity contribution in [2.45, 2.75) is 32.7 Å². The van der Waals surface area contributed by atoms with E-state index in [1.165, 1.54) is 12.8 Å². The minimum Gasteiger partial charge on any atom is -0.339 e. The second-order valence-electron chi connectivity index (χ2n) is 5.37. The molecule has 1 fully saturated rings. The smallest absolute Gasteiger partial charge is 0.246 e. The van der Waals surface area contributed by atoms with Gasteiger partial charge in [0.25, 0.3) is 0 Å². The minimum absolute atomic E-state index is 0.0519. The molecule has 1 aliphatic rings. The molecule has 0 spiro atoms. The standard InChI is InChI=1S/C16H20ClNO/c1-11-4-5-13(10-15(11)17)6-9-16(19)18(3)12(2)14-7-8-14/h4-6,9-10,12,14H,7-8H2,1-3H3/b9-6+. The molecule has 0 radical (unpaired) electrons. The molecular weight excluding hydrogens is 258 g/mol. The third-order valence-corrected chi connectivity index (χ3v) is 4.28. The number of amides is 1. The highest BCUT2D eigenvalue weighted by Gasteiger charge is 2.31. The number of carbonyl (C=O) groups excluding carboxylic acids is 1. The van der Waals surface area contributed by atoms with E-state index in [0.29, 0.717) is 12.0 Å².